The lowest BCUT2D eigenvalue weighted by Gasteiger charge is -2.18. The van der Waals surface area contributed by atoms with Crippen LogP contribution >= 0.6 is 0 Å². The molecule has 0 saturated carbocycles. The summed E-state index contributed by atoms with van der Waals surface area (Å²) in [6, 6.07) is 1.68. The molecule has 142 valence electrons. The minimum atomic E-state index is -3.65. The number of urea groups is 1. The molecule has 1 saturated heterocycles. The van der Waals surface area contributed by atoms with Gasteiger partial charge in [-0.05, 0) is 80.3 Å². The zero-order chi connectivity index (χ0) is 18.3. The van der Waals surface area contributed by atoms with Crippen molar-refractivity contribution in [2.45, 2.75) is 57.1 Å². The Bertz CT molecular complexity index is 803. The molecule has 1 unspecified atom stereocenters. The van der Waals surface area contributed by atoms with Crippen LogP contribution in [0.3, 0.4) is 0 Å². The van der Waals surface area contributed by atoms with E-state index in [0.717, 1.165) is 57.3 Å². The van der Waals surface area contributed by atoms with Crippen molar-refractivity contribution in [1.29, 1.82) is 0 Å². The summed E-state index contributed by atoms with van der Waals surface area (Å²) < 4.78 is 27.4. The van der Waals surface area contributed by atoms with Crippen LogP contribution in [0.25, 0.3) is 0 Å². The normalized spacial score (nSPS) is 22.3. The van der Waals surface area contributed by atoms with Crippen LogP contribution in [-0.4, -0.2) is 44.2 Å². The molecule has 2 amide bonds. The third-order valence-corrected chi connectivity index (χ3v) is 7.79. The SMILES string of the molecule is CCN1CCC(S(=O)(=O)NC(=O)Nc2c3c(cc4c2CCC4)CCC3)C1. The van der Waals surface area contributed by atoms with Crippen molar-refractivity contribution < 1.29 is 13.2 Å². The highest BCUT2D eigenvalue weighted by atomic mass is 32.2. The van der Waals surface area contributed by atoms with Crippen molar-refractivity contribution in [2.24, 2.45) is 0 Å². The summed E-state index contributed by atoms with van der Waals surface area (Å²) in [4.78, 5) is 14.6. The molecule has 1 atom stereocenters. The molecular weight excluding hydrogens is 350 g/mol. The van der Waals surface area contributed by atoms with Crippen molar-refractivity contribution in [3.63, 3.8) is 0 Å². The number of carbonyl (C=O) groups excluding carboxylic acids is 1. The number of fused-ring (bicyclic) bond motifs is 2. The van der Waals surface area contributed by atoms with E-state index in [9.17, 15) is 13.2 Å². The second kappa shape index (κ2) is 6.85. The van der Waals surface area contributed by atoms with E-state index < -0.39 is 21.3 Å². The first-order chi connectivity index (χ1) is 12.5. The largest absolute Gasteiger partial charge is 0.332 e. The van der Waals surface area contributed by atoms with Crippen molar-refractivity contribution in [3.8, 4) is 0 Å². The maximum absolute atomic E-state index is 12.6. The fraction of sp³-hybridized carbons (Fsp3) is 0.632. The highest BCUT2D eigenvalue weighted by Gasteiger charge is 2.34. The van der Waals surface area contributed by atoms with Gasteiger partial charge in [-0.2, -0.15) is 0 Å². The van der Waals surface area contributed by atoms with Crippen LogP contribution in [0.4, 0.5) is 10.5 Å². The van der Waals surface area contributed by atoms with Gasteiger partial charge in [0.2, 0.25) is 10.0 Å². The minimum absolute atomic E-state index is 0.495. The lowest BCUT2D eigenvalue weighted by Crippen LogP contribution is -2.42. The van der Waals surface area contributed by atoms with E-state index in [-0.39, 0.29) is 0 Å². The Morgan fingerprint density at radius 2 is 1.81 bits per heavy atom. The van der Waals surface area contributed by atoms with Gasteiger partial charge in [-0.15, -0.1) is 0 Å². The Morgan fingerprint density at radius 1 is 1.15 bits per heavy atom. The number of rotatable bonds is 4. The van der Waals surface area contributed by atoms with Gasteiger partial charge in [-0.3, -0.25) is 0 Å². The molecule has 1 aliphatic heterocycles. The van der Waals surface area contributed by atoms with Crippen molar-refractivity contribution in [3.05, 3.63) is 28.3 Å². The lowest BCUT2D eigenvalue weighted by molar-refractivity contribution is 0.256. The molecule has 0 spiro atoms. The summed E-state index contributed by atoms with van der Waals surface area (Å²) in [7, 11) is -3.65. The first-order valence-corrected chi connectivity index (χ1v) is 11.2. The second-order valence-electron chi connectivity index (χ2n) is 7.64. The number of hydrogen-bond donors (Lipinski definition) is 2. The Hall–Kier alpha value is -1.60. The molecule has 4 rings (SSSR count). The van der Waals surface area contributed by atoms with Gasteiger partial charge in [0.25, 0.3) is 0 Å². The fourth-order valence-electron chi connectivity index (χ4n) is 4.66. The molecule has 1 fully saturated rings. The van der Waals surface area contributed by atoms with Crippen molar-refractivity contribution in [2.75, 3.05) is 25.0 Å². The molecule has 0 aromatic heterocycles. The van der Waals surface area contributed by atoms with Gasteiger partial charge in [-0.25, -0.2) is 17.9 Å². The van der Waals surface area contributed by atoms with Crippen LogP contribution < -0.4 is 10.0 Å². The first kappa shape index (κ1) is 17.8. The molecule has 0 bridgehead atoms. The molecule has 2 aliphatic carbocycles. The van der Waals surface area contributed by atoms with E-state index in [2.05, 4.69) is 21.0 Å². The van der Waals surface area contributed by atoms with Gasteiger partial charge >= 0.3 is 6.03 Å². The van der Waals surface area contributed by atoms with E-state index in [0.29, 0.717) is 13.0 Å². The number of sulfonamides is 1. The maximum Gasteiger partial charge on any atom is 0.332 e. The third kappa shape index (κ3) is 3.22. The number of amides is 2. The standard InChI is InChI=1S/C19H27N3O3S/c1-2-22-10-9-15(12-22)26(24,25)21-19(23)20-18-16-7-3-5-13(16)11-14-6-4-8-17(14)18/h11,15H,2-10,12H2,1H3,(H2,20,21,23). The van der Waals surface area contributed by atoms with Crippen LogP contribution in [0.2, 0.25) is 0 Å². The molecular formula is C19H27N3O3S. The molecule has 7 heteroatoms. The van der Waals surface area contributed by atoms with E-state index in [1.165, 1.54) is 22.3 Å². The van der Waals surface area contributed by atoms with E-state index in [1.54, 1.807) is 0 Å². The molecule has 1 aromatic carbocycles. The number of anilines is 1. The van der Waals surface area contributed by atoms with Crippen LogP contribution in [0.15, 0.2) is 6.07 Å². The number of nitrogens with one attached hydrogen (secondary N) is 2. The van der Waals surface area contributed by atoms with E-state index >= 15 is 0 Å². The highest BCUT2D eigenvalue weighted by molar-refractivity contribution is 7.90. The van der Waals surface area contributed by atoms with Crippen molar-refractivity contribution >= 4 is 21.7 Å². The Balaban J connectivity index is 1.51. The monoisotopic (exact) mass is 377 g/mol. The van der Waals surface area contributed by atoms with Crippen molar-refractivity contribution in [1.82, 2.24) is 9.62 Å². The molecule has 1 heterocycles. The molecule has 2 N–H and O–H groups in total. The first-order valence-electron chi connectivity index (χ1n) is 9.69. The predicted octanol–water partition coefficient (Wildman–Crippen LogP) is 2.21. The summed E-state index contributed by atoms with van der Waals surface area (Å²) in [6.07, 6.45) is 6.78. The van der Waals surface area contributed by atoms with Gasteiger partial charge in [0.05, 0.1) is 5.25 Å². The third-order valence-electron chi connectivity index (χ3n) is 6.06. The quantitative estimate of drug-likeness (QED) is 0.843. The summed E-state index contributed by atoms with van der Waals surface area (Å²) in [5.41, 5.74) is 5.92. The van der Waals surface area contributed by atoms with Gasteiger partial charge < -0.3 is 10.2 Å². The lowest BCUT2D eigenvalue weighted by atomic mass is 9.99. The van der Waals surface area contributed by atoms with E-state index in [1.807, 2.05) is 6.92 Å². The zero-order valence-electron chi connectivity index (χ0n) is 15.3. The van der Waals surface area contributed by atoms with Crippen LogP contribution in [0.1, 0.15) is 48.4 Å². The van der Waals surface area contributed by atoms with Crippen LogP contribution in [0.5, 0.6) is 0 Å². The number of carbonyl (C=O) groups is 1. The summed E-state index contributed by atoms with van der Waals surface area (Å²) in [5.74, 6) is 0. The Labute approximate surface area is 155 Å². The number of nitrogens with zero attached hydrogens (tertiary/aromatic N) is 1. The van der Waals surface area contributed by atoms with Gasteiger partial charge in [0.15, 0.2) is 0 Å². The average Bonchev–Trinajstić information content (AvgIpc) is 3.33. The zero-order valence-corrected chi connectivity index (χ0v) is 16.1. The Morgan fingerprint density at radius 3 is 2.38 bits per heavy atom. The maximum atomic E-state index is 12.6. The predicted molar refractivity (Wildman–Crippen MR) is 102 cm³/mol. The second-order valence-corrected chi connectivity index (χ2v) is 9.60. The number of likely N-dealkylation sites (tertiary alicyclic amines) is 1. The fourth-order valence-corrected chi connectivity index (χ4v) is 5.96. The molecule has 3 aliphatic rings. The van der Waals surface area contributed by atoms with Gasteiger partial charge in [0, 0.05) is 12.2 Å². The molecule has 6 nitrogen and oxygen atoms in total. The Kier molecular flexibility index (Phi) is 4.69. The van der Waals surface area contributed by atoms with Gasteiger partial charge in [0.1, 0.15) is 0 Å². The number of aryl methyl sites for hydroxylation is 2. The molecule has 26 heavy (non-hydrogen) atoms. The summed E-state index contributed by atoms with van der Waals surface area (Å²) >= 11 is 0. The van der Waals surface area contributed by atoms with Gasteiger partial charge in [-0.1, -0.05) is 13.0 Å². The average molecular weight is 378 g/mol. The van der Waals surface area contributed by atoms with Crippen LogP contribution in [-0.2, 0) is 35.7 Å². The summed E-state index contributed by atoms with van der Waals surface area (Å²) in [5, 5.41) is 2.39. The smallest absolute Gasteiger partial charge is 0.307 e. The van der Waals surface area contributed by atoms with Crippen LogP contribution in [0, 0.1) is 0 Å². The number of benzene rings is 1. The number of hydrogen-bond acceptors (Lipinski definition) is 4. The van der Waals surface area contributed by atoms with E-state index in [4.69, 9.17) is 0 Å². The molecule has 1 aromatic rings. The highest BCUT2D eigenvalue weighted by Crippen LogP contribution is 2.38. The summed E-state index contributed by atoms with van der Waals surface area (Å²) in [6.45, 7) is 4.12. The minimum Gasteiger partial charge on any atom is -0.307 e. The topological polar surface area (TPSA) is 78.5 Å². The molecule has 0 radical (unpaired) electrons.